The van der Waals surface area contributed by atoms with Gasteiger partial charge in [-0.05, 0) is 24.0 Å². The van der Waals surface area contributed by atoms with Crippen LogP contribution in [0.15, 0.2) is 24.3 Å². The van der Waals surface area contributed by atoms with Crippen LogP contribution >= 0.6 is 0 Å². The lowest BCUT2D eigenvalue weighted by Crippen LogP contribution is -2.45. The first-order valence-electron chi connectivity index (χ1n) is 9.08. The topological polar surface area (TPSA) is 36.9 Å². The summed E-state index contributed by atoms with van der Waals surface area (Å²) in [5.41, 5.74) is 2.94. The first kappa shape index (κ1) is 17.9. The fourth-order valence-electron chi connectivity index (χ4n) is 3.06. The minimum atomic E-state index is 0.258. The van der Waals surface area contributed by atoms with Crippen molar-refractivity contribution in [3.05, 3.63) is 35.4 Å². The molecule has 2 fully saturated rings. The van der Waals surface area contributed by atoms with E-state index in [0.717, 1.165) is 52.5 Å². The summed E-state index contributed by atoms with van der Waals surface area (Å²) in [4.78, 5) is 0. The van der Waals surface area contributed by atoms with Crippen molar-refractivity contribution in [2.24, 2.45) is 10.8 Å². The molecule has 134 valence electrons. The summed E-state index contributed by atoms with van der Waals surface area (Å²) in [6.45, 7) is 10.7. The number of hydrogen-bond donors (Lipinski definition) is 0. The lowest BCUT2D eigenvalue weighted by Gasteiger charge is -2.40. The predicted octanol–water partition coefficient (Wildman–Crippen LogP) is 3.57. The van der Waals surface area contributed by atoms with E-state index in [1.807, 2.05) is 0 Å². The van der Waals surface area contributed by atoms with Crippen LogP contribution in [0.3, 0.4) is 0 Å². The number of ether oxygens (including phenoxy) is 4. The van der Waals surface area contributed by atoms with Gasteiger partial charge < -0.3 is 18.9 Å². The second-order valence-corrected chi connectivity index (χ2v) is 7.49. The van der Waals surface area contributed by atoms with E-state index in [9.17, 15) is 0 Å². The molecule has 2 heterocycles. The molecule has 2 aliphatic rings. The average Bonchev–Trinajstić information content (AvgIpc) is 2.54. The third-order valence-corrected chi connectivity index (χ3v) is 5.51. The highest BCUT2D eigenvalue weighted by Crippen LogP contribution is 2.32. The maximum absolute atomic E-state index is 5.90. The first-order chi connectivity index (χ1) is 11.7. The Bertz CT molecular complexity index is 445. The Hall–Kier alpha value is -0.940. The Balaban J connectivity index is 1.37. The van der Waals surface area contributed by atoms with Gasteiger partial charge >= 0.3 is 0 Å². The van der Waals surface area contributed by atoms with Gasteiger partial charge in [-0.1, -0.05) is 38.1 Å². The summed E-state index contributed by atoms with van der Waals surface area (Å²) in [5, 5.41) is 0. The van der Waals surface area contributed by atoms with Crippen molar-refractivity contribution < 1.29 is 18.9 Å². The molecule has 0 atom stereocenters. The largest absolute Gasteiger partial charge is 0.380 e. The van der Waals surface area contributed by atoms with Crippen LogP contribution in [-0.4, -0.2) is 39.6 Å². The fourth-order valence-corrected chi connectivity index (χ4v) is 3.06. The van der Waals surface area contributed by atoms with Crippen molar-refractivity contribution in [3.63, 3.8) is 0 Å². The summed E-state index contributed by atoms with van der Waals surface area (Å²) in [5.74, 6) is 0. The molecule has 2 aliphatic heterocycles. The van der Waals surface area contributed by atoms with Gasteiger partial charge in [-0.3, -0.25) is 0 Å². The zero-order chi connectivity index (χ0) is 16.9. The second kappa shape index (κ2) is 7.96. The van der Waals surface area contributed by atoms with Crippen molar-refractivity contribution in [1.29, 1.82) is 0 Å². The number of benzene rings is 1. The van der Waals surface area contributed by atoms with Gasteiger partial charge in [0.25, 0.3) is 0 Å². The highest BCUT2D eigenvalue weighted by molar-refractivity contribution is 5.21. The van der Waals surface area contributed by atoms with Gasteiger partial charge in [0.05, 0.1) is 52.9 Å². The van der Waals surface area contributed by atoms with Gasteiger partial charge in [0.2, 0.25) is 0 Å². The first-order valence-corrected chi connectivity index (χ1v) is 9.08. The Morgan fingerprint density at radius 1 is 0.750 bits per heavy atom. The van der Waals surface area contributed by atoms with Crippen LogP contribution < -0.4 is 0 Å². The lowest BCUT2D eigenvalue weighted by molar-refractivity contribution is -0.152. The van der Waals surface area contributed by atoms with E-state index >= 15 is 0 Å². The van der Waals surface area contributed by atoms with Gasteiger partial charge in [-0.25, -0.2) is 0 Å². The Kier molecular flexibility index (Phi) is 5.93. The molecule has 0 radical (unpaired) electrons. The summed E-state index contributed by atoms with van der Waals surface area (Å²) in [6, 6.07) is 8.54. The molecule has 4 heteroatoms. The Morgan fingerprint density at radius 2 is 1.12 bits per heavy atom. The minimum Gasteiger partial charge on any atom is -0.380 e. The molecular weight excluding hydrogens is 304 g/mol. The molecule has 4 nitrogen and oxygen atoms in total. The van der Waals surface area contributed by atoms with Crippen molar-refractivity contribution in [1.82, 2.24) is 0 Å². The van der Waals surface area contributed by atoms with Crippen LogP contribution in [-0.2, 0) is 32.2 Å². The normalized spacial score (nSPS) is 21.1. The Morgan fingerprint density at radius 3 is 1.38 bits per heavy atom. The second-order valence-electron chi connectivity index (χ2n) is 7.49. The van der Waals surface area contributed by atoms with Gasteiger partial charge in [-0.2, -0.15) is 0 Å². The monoisotopic (exact) mass is 334 g/mol. The quantitative estimate of drug-likeness (QED) is 0.655. The third-order valence-electron chi connectivity index (χ3n) is 5.51. The van der Waals surface area contributed by atoms with Crippen LogP contribution in [0.1, 0.15) is 37.8 Å². The third kappa shape index (κ3) is 4.17. The SMILES string of the molecule is CCC1(COCc2ccc(COCC3(CC)COC3)cc2)COC1. The highest BCUT2D eigenvalue weighted by atomic mass is 16.5. The number of rotatable bonds is 10. The molecule has 2 saturated heterocycles. The summed E-state index contributed by atoms with van der Waals surface area (Å²) in [7, 11) is 0. The maximum Gasteiger partial charge on any atom is 0.0717 e. The lowest BCUT2D eigenvalue weighted by atomic mass is 9.84. The molecule has 0 bridgehead atoms. The van der Waals surface area contributed by atoms with E-state index in [-0.39, 0.29) is 10.8 Å². The van der Waals surface area contributed by atoms with E-state index in [0.29, 0.717) is 13.2 Å². The van der Waals surface area contributed by atoms with E-state index in [1.165, 1.54) is 11.1 Å². The molecule has 0 N–H and O–H groups in total. The predicted molar refractivity (Wildman–Crippen MR) is 92.8 cm³/mol. The van der Waals surface area contributed by atoms with Crippen LogP contribution in [0.4, 0.5) is 0 Å². The van der Waals surface area contributed by atoms with E-state index in [1.54, 1.807) is 0 Å². The molecular formula is C20H30O4. The maximum atomic E-state index is 5.90. The molecule has 3 rings (SSSR count). The Labute approximate surface area is 145 Å². The molecule has 1 aromatic carbocycles. The molecule has 0 amide bonds. The van der Waals surface area contributed by atoms with Crippen molar-refractivity contribution >= 4 is 0 Å². The summed E-state index contributed by atoms with van der Waals surface area (Å²) < 4.78 is 22.4. The molecule has 0 saturated carbocycles. The molecule has 24 heavy (non-hydrogen) atoms. The highest BCUT2D eigenvalue weighted by Gasteiger charge is 2.37. The minimum absolute atomic E-state index is 0.258. The smallest absolute Gasteiger partial charge is 0.0717 e. The zero-order valence-electron chi connectivity index (χ0n) is 15.0. The van der Waals surface area contributed by atoms with Gasteiger partial charge in [-0.15, -0.1) is 0 Å². The molecule has 0 unspecified atom stereocenters. The van der Waals surface area contributed by atoms with Gasteiger partial charge in [0.15, 0.2) is 0 Å². The summed E-state index contributed by atoms with van der Waals surface area (Å²) >= 11 is 0. The van der Waals surface area contributed by atoms with Crippen molar-refractivity contribution in [2.75, 3.05) is 39.6 Å². The molecule has 1 aromatic rings. The van der Waals surface area contributed by atoms with Crippen molar-refractivity contribution in [2.45, 2.75) is 39.9 Å². The molecule has 0 aliphatic carbocycles. The molecule has 0 spiro atoms. The van der Waals surface area contributed by atoms with Crippen LogP contribution in [0.5, 0.6) is 0 Å². The van der Waals surface area contributed by atoms with E-state index in [2.05, 4.69) is 38.1 Å². The average molecular weight is 334 g/mol. The molecule has 0 aromatic heterocycles. The van der Waals surface area contributed by atoms with E-state index < -0.39 is 0 Å². The standard InChI is InChI=1S/C20H30O4/c1-3-19(13-23-14-19)11-21-9-17-5-7-18(8-6-17)10-22-12-20(4-2)15-24-16-20/h5-8H,3-4,9-16H2,1-2H3. The van der Waals surface area contributed by atoms with Crippen molar-refractivity contribution in [3.8, 4) is 0 Å². The van der Waals surface area contributed by atoms with Crippen LogP contribution in [0, 0.1) is 10.8 Å². The summed E-state index contributed by atoms with van der Waals surface area (Å²) in [6.07, 6.45) is 2.24. The zero-order valence-corrected chi connectivity index (χ0v) is 15.0. The fraction of sp³-hybridized carbons (Fsp3) is 0.700. The van der Waals surface area contributed by atoms with Gasteiger partial charge in [0.1, 0.15) is 0 Å². The van der Waals surface area contributed by atoms with Crippen LogP contribution in [0.25, 0.3) is 0 Å². The number of hydrogen-bond acceptors (Lipinski definition) is 4. The van der Waals surface area contributed by atoms with E-state index in [4.69, 9.17) is 18.9 Å². The van der Waals surface area contributed by atoms with Crippen LogP contribution in [0.2, 0.25) is 0 Å². The van der Waals surface area contributed by atoms with Gasteiger partial charge in [0, 0.05) is 10.8 Å².